The van der Waals surface area contributed by atoms with Gasteiger partial charge < -0.3 is 10.4 Å². The summed E-state index contributed by atoms with van der Waals surface area (Å²) in [6.07, 6.45) is 1.36. The van der Waals surface area contributed by atoms with Gasteiger partial charge in [-0.3, -0.25) is 9.59 Å². The summed E-state index contributed by atoms with van der Waals surface area (Å²) in [5.74, 6) is -0.949. The Morgan fingerprint density at radius 1 is 1.33 bits per heavy atom. The van der Waals surface area contributed by atoms with Crippen molar-refractivity contribution in [1.29, 1.82) is 0 Å². The highest BCUT2D eigenvalue weighted by Gasteiger charge is 2.27. The van der Waals surface area contributed by atoms with Gasteiger partial charge in [0.25, 0.3) is 0 Å². The topological polar surface area (TPSA) is 66.4 Å². The third kappa shape index (κ3) is 4.81. The maximum Gasteiger partial charge on any atom is 0.305 e. The molecule has 4 heteroatoms. The van der Waals surface area contributed by atoms with Gasteiger partial charge in [-0.05, 0) is 12.8 Å². The Morgan fingerprint density at radius 2 is 1.87 bits per heavy atom. The molecule has 0 aromatic carbocycles. The number of hydrogen-bond acceptors (Lipinski definition) is 2. The maximum atomic E-state index is 11.7. The third-order valence-electron chi connectivity index (χ3n) is 2.75. The fourth-order valence-corrected chi connectivity index (χ4v) is 1.05. The highest BCUT2D eigenvalue weighted by atomic mass is 16.4. The largest absolute Gasteiger partial charge is 0.481 e. The van der Waals surface area contributed by atoms with E-state index in [1.165, 1.54) is 0 Å². The average Bonchev–Trinajstić information content (AvgIpc) is 2.15. The molecule has 0 bridgehead atoms. The lowest BCUT2D eigenvalue weighted by Gasteiger charge is -2.25. The molecule has 0 aromatic rings. The number of carboxylic acid groups (broad SMARTS) is 1. The van der Waals surface area contributed by atoms with Crippen LogP contribution in [0.2, 0.25) is 0 Å². The lowest BCUT2D eigenvalue weighted by Crippen LogP contribution is -2.43. The minimum absolute atomic E-state index is 0.0119. The molecule has 1 unspecified atom stereocenters. The van der Waals surface area contributed by atoms with Gasteiger partial charge in [-0.15, -0.1) is 0 Å². The van der Waals surface area contributed by atoms with Crippen LogP contribution in [-0.4, -0.2) is 23.0 Å². The van der Waals surface area contributed by atoms with Gasteiger partial charge in [-0.2, -0.15) is 0 Å². The van der Waals surface area contributed by atoms with Crippen molar-refractivity contribution in [3.63, 3.8) is 0 Å². The number of hydrogen-bond donors (Lipinski definition) is 2. The van der Waals surface area contributed by atoms with Crippen LogP contribution in [0.3, 0.4) is 0 Å². The second-order valence-corrected chi connectivity index (χ2v) is 4.41. The molecule has 1 amide bonds. The molecular formula is C11H21NO3. The highest BCUT2D eigenvalue weighted by molar-refractivity contribution is 5.82. The predicted octanol–water partition coefficient (Wildman–Crippen LogP) is 1.79. The molecule has 0 saturated carbocycles. The Bertz CT molecular complexity index is 236. The average molecular weight is 215 g/mol. The molecule has 0 spiro atoms. The van der Waals surface area contributed by atoms with Crippen molar-refractivity contribution in [2.45, 2.75) is 53.0 Å². The summed E-state index contributed by atoms with van der Waals surface area (Å²) in [7, 11) is 0. The Kier molecular flexibility index (Phi) is 5.33. The monoisotopic (exact) mass is 215 g/mol. The molecule has 2 N–H and O–H groups in total. The highest BCUT2D eigenvalue weighted by Crippen LogP contribution is 2.20. The molecule has 0 aliphatic heterocycles. The Hall–Kier alpha value is -1.06. The van der Waals surface area contributed by atoms with E-state index in [1.54, 1.807) is 0 Å². The Morgan fingerprint density at radius 3 is 2.20 bits per heavy atom. The first-order valence-corrected chi connectivity index (χ1v) is 5.36. The Balaban J connectivity index is 4.30. The van der Waals surface area contributed by atoms with Crippen molar-refractivity contribution < 1.29 is 14.7 Å². The standard InChI is InChI=1S/C11H21NO3/c1-5-8(7-9(13)14)12-10(15)11(3,4)6-2/h8H,5-7H2,1-4H3,(H,12,15)(H,13,14). The van der Waals surface area contributed by atoms with Crippen LogP contribution in [0.25, 0.3) is 0 Å². The minimum Gasteiger partial charge on any atom is -0.481 e. The van der Waals surface area contributed by atoms with Crippen LogP contribution in [0, 0.1) is 5.41 Å². The quantitative estimate of drug-likeness (QED) is 0.710. The molecule has 0 saturated heterocycles. The normalized spacial score (nSPS) is 13.3. The van der Waals surface area contributed by atoms with E-state index in [0.717, 1.165) is 6.42 Å². The molecular weight excluding hydrogens is 194 g/mol. The first kappa shape index (κ1) is 13.9. The van der Waals surface area contributed by atoms with Gasteiger partial charge in [0.1, 0.15) is 0 Å². The number of amides is 1. The van der Waals surface area contributed by atoms with E-state index in [-0.39, 0.29) is 18.4 Å². The second-order valence-electron chi connectivity index (χ2n) is 4.41. The molecule has 0 aliphatic rings. The molecule has 1 atom stereocenters. The molecule has 0 aliphatic carbocycles. The van der Waals surface area contributed by atoms with E-state index < -0.39 is 11.4 Å². The van der Waals surface area contributed by atoms with Crippen molar-refractivity contribution >= 4 is 11.9 Å². The van der Waals surface area contributed by atoms with E-state index in [4.69, 9.17) is 5.11 Å². The summed E-state index contributed by atoms with van der Waals surface area (Å²) in [6.45, 7) is 7.52. The number of carbonyl (C=O) groups excluding carboxylic acids is 1. The first-order chi connectivity index (χ1) is 6.83. The van der Waals surface area contributed by atoms with Crippen molar-refractivity contribution in [3.05, 3.63) is 0 Å². The van der Waals surface area contributed by atoms with Gasteiger partial charge in [0.15, 0.2) is 0 Å². The van der Waals surface area contributed by atoms with Gasteiger partial charge in [0, 0.05) is 11.5 Å². The summed E-state index contributed by atoms with van der Waals surface area (Å²) in [4.78, 5) is 22.3. The zero-order chi connectivity index (χ0) is 12.1. The number of nitrogens with one attached hydrogen (secondary N) is 1. The van der Waals surface area contributed by atoms with Crippen LogP contribution < -0.4 is 5.32 Å². The number of carbonyl (C=O) groups is 2. The van der Waals surface area contributed by atoms with Gasteiger partial charge >= 0.3 is 5.97 Å². The summed E-state index contributed by atoms with van der Waals surface area (Å²) in [5, 5.41) is 11.4. The van der Waals surface area contributed by atoms with Gasteiger partial charge in [0.05, 0.1) is 6.42 Å². The molecule has 0 radical (unpaired) electrons. The summed E-state index contributed by atoms with van der Waals surface area (Å²) in [6, 6.07) is -0.263. The first-order valence-electron chi connectivity index (χ1n) is 5.36. The van der Waals surface area contributed by atoms with Crippen molar-refractivity contribution in [2.24, 2.45) is 5.41 Å². The van der Waals surface area contributed by atoms with Crippen LogP contribution in [0.5, 0.6) is 0 Å². The SMILES string of the molecule is CCC(CC(=O)O)NC(=O)C(C)(C)CC. The molecule has 0 heterocycles. The van der Waals surface area contributed by atoms with Crippen molar-refractivity contribution in [1.82, 2.24) is 5.32 Å². The van der Waals surface area contributed by atoms with Gasteiger partial charge in [-0.25, -0.2) is 0 Å². The van der Waals surface area contributed by atoms with Crippen LogP contribution >= 0.6 is 0 Å². The van der Waals surface area contributed by atoms with E-state index in [0.29, 0.717) is 6.42 Å². The predicted molar refractivity (Wildman–Crippen MR) is 58.5 cm³/mol. The van der Waals surface area contributed by atoms with Crippen LogP contribution in [0.1, 0.15) is 47.0 Å². The van der Waals surface area contributed by atoms with E-state index in [9.17, 15) is 9.59 Å². The second kappa shape index (κ2) is 5.73. The summed E-state index contributed by atoms with van der Waals surface area (Å²) >= 11 is 0. The van der Waals surface area contributed by atoms with Crippen molar-refractivity contribution in [2.75, 3.05) is 0 Å². The lowest BCUT2D eigenvalue weighted by atomic mass is 9.89. The van der Waals surface area contributed by atoms with Crippen molar-refractivity contribution in [3.8, 4) is 0 Å². The molecule has 88 valence electrons. The fraction of sp³-hybridized carbons (Fsp3) is 0.818. The van der Waals surface area contributed by atoms with Crippen LogP contribution in [0.4, 0.5) is 0 Å². The van der Waals surface area contributed by atoms with E-state index in [1.807, 2.05) is 27.7 Å². The van der Waals surface area contributed by atoms with Crippen LogP contribution in [-0.2, 0) is 9.59 Å². The zero-order valence-corrected chi connectivity index (χ0v) is 9.96. The smallest absolute Gasteiger partial charge is 0.305 e. The van der Waals surface area contributed by atoms with E-state index in [2.05, 4.69) is 5.32 Å². The number of carboxylic acids is 1. The minimum atomic E-state index is -0.878. The van der Waals surface area contributed by atoms with Gasteiger partial charge in [0.2, 0.25) is 5.91 Å². The Labute approximate surface area is 91.1 Å². The number of aliphatic carboxylic acids is 1. The molecule has 0 aromatic heterocycles. The zero-order valence-electron chi connectivity index (χ0n) is 9.96. The van der Waals surface area contributed by atoms with Crippen LogP contribution in [0.15, 0.2) is 0 Å². The maximum absolute atomic E-state index is 11.7. The lowest BCUT2D eigenvalue weighted by molar-refractivity contribution is -0.138. The van der Waals surface area contributed by atoms with Gasteiger partial charge in [-0.1, -0.05) is 27.7 Å². The summed E-state index contributed by atoms with van der Waals surface area (Å²) < 4.78 is 0. The molecule has 15 heavy (non-hydrogen) atoms. The number of rotatable bonds is 6. The molecule has 0 rings (SSSR count). The molecule has 0 fully saturated rings. The molecule has 4 nitrogen and oxygen atoms in total. The summed E-state index contributed by atoms with van der Waals surface area (Å²) in [5.41, 5.74) is -0.425. The third-order valence-corrected chi connectivity index (χ3v) is 2.75. The fourth-order valence-electron chi connectivity index (χ4n) is 1.05. The van der Waals surface area contributed by atoms with E-state index >= 15 is 0 Å².